The quantitative estimate of drug-likeness (QED) is 0.751. The summed E-state index contributed by atoms with van der Waals surface area (Å²) in [5, 5.41) is 9.70. The van der Waals surface area contributed by atoms with E-state index in [4.69, 9.17) is 0 Å². The molecule has 0 aromatic carbocycles. The van der Waals surface area contributed by atoms with E-state index >= 15 is 0 Å². The average molecular weight is 227 g/mol. The molecule has 0 saturated heterocycles. The largest absolute Gasteiger partial charge is 0.389 e. The zero-order chi connectivity index (χ0) is 12.2. The Bertz CT molecular complexity index is 225. The lowest BCUT2D eigenvalue weighted by atomic mass is 9.98. The molecule has 1 aliphatic carbocycles. The van der Waals surface area contributed by atoms with E-state index in [2.05, 4.69) is 0 Å². The molecule has 1 saturated carbocycles. The lowest BCUT2D eigenvalue weighted by Crippen LogP contribution is -2.42. The van der Waals surface area contributed by atoms with Crippen LogP contribution in [0.5, 0.6) is 0 Å². The minimum atomic E-state index is -0.796. The van der Waals surface area contributed by atoms with Crippen LogP contribution in [0.1, 0.15) is 52.4 Å². The van der Waals surface area contributed by atoms with Crippen molar-refractivity contribution in [1.82, 2.24) is 4.90 Å². The van der Waals surface area contributed by atoms with Crippen LogP contribution < -0.4 is 0 Å². The predicted octanol–water partition coefficient (Wildman–Crippen LogP) is 2.19. The molecule has 0 bridgehead atoms. The van der Waals surface area contributed by atoms with Gasteiger partial charge in [0.2, 0.25) is 5.91 Å². The third-order valence-corrected chi connectivity index (χ3v) is 3.20. The number of carbonyl (C=O) groups is 1. The van der Waals surface area contributed by atoms with Crippen molar-refractivity contribution >= 4 is 5.91 Å². The van der Waals surface area contributed by atoms with Gasteiger partial charge in [-0.25, -0.2) is 0 Å². The molecule has 94 valence electrons. The van der Waals surface area contributed by atoms with Crippen LogP contribution >= 0.6 is 0 Å². The lowest BCUT2D eigenvalue weighted by Gasteiger charge is -2.28. The number of nitrogens with zero attached hydrogens (tertiary/aromatic N) is 1. The predicted molar refractivity (Wildman–Crippen MR) is 65.1 cm³/mol. The highest BCUT2D eigenvalue weighted by atomic mass is 16.3. The summed E-state index contributed by atoms with van der Waals surface area (Å²) >= 11 is 0. The topological polar surface area (TPSA) is 40.5 Å². The van der Waals surface area contributed by atoms with Crippen molar-refractivity contribution < 1.29 is 9.90 Å². The summed E-state index contributed by atoms with van der Waals surface area (Å²) in [6.07, 6.45) is 6.92. The van der Waals surface area contributed by atoms with Gasteiger partial charge in [0.05, 0.1) is 5.60 Å². The van der Waals surface area contributed by atoms with Crippen LogP contribution in [-0.4, -0.2) is 35.1 Å². The maximum atomic E-state index is 12.1. The maximum absolute atomic E-state index is 12.1. The van der Waals surface area contributed by atoms with Crippen LogP contribution in [0.3, 0.4) is 0 Å². The number of hydrogen-bond acceptors (Lipinski definition) is 2. The van der Waals surface area contributed by atoms with Gasteiger partial charge in [0.15, 0.2) is 0 Å². The van der Waals surface area contributed by atoms with Crippen LogP contribution in [-0.2, 0) is 4.79 Å². The fourth-order valence-corrected chi connectivity index (χ4v) is 2.50. The third kappa shape index (κ3) is 4.52. The zero-order valence-corrected chi connectivity index (χ0v) is 10.8. The first-order chi connectivity index (χ1) is 7.40. The van der Waals surface area contributed by atoms with Gasteiger partial charge in [-0.15, -0.1) is 0 Å². The monoisotopic (exact) mass is 227 g/mol. The normalized spacial score (nSPS) is 19.2. The number of rotatable bonds is 3. The molecular formula is C13H25NO2. The number of hydrogen-bond donors (Lipinski definition) is 1. The summed E-state index contributed by atoms with van der Waals surface area (Å²) in [7, 11) is 1.80. The Hall–Kier alpha value is -0.570. The molecule has 0 radical (unpaired) electrons. The molecule has 3 heteroatoms. The van der Waals surface area contributed by atoms with Crippen LogP contribution in [0, 0.1) is 5.92 Å². The van der Waals surface area contributed by atoms with Crippen LogP contribution in [0.4, 0.5) is 0 Å². The molecule has 3 nitrogen and oxygen atoms in total. The van der Waals surface area contributed by atoms with Crippen molar-refractivity contribution in [3.8, 4) is 0 Å². The first kappa shape index (κ1) is 13.5. The Morgan fingerprint density at radius 1 is 1.25 bits per heavy atom. The summed E-state index contributed by atoms with van der Waals surface area (Å²) in [6.45, 7) is 3.90. The van der Waals surface area contributed by atoms with Crippen molar-refractivity contribution in [2.45, 2.75) is 58.0 Å². The minimum absolute atomic E-state index is 0.190. The molecule has 1 fully saturated rings. The molecule has 0 aliphatic heterocycles. The van der Waals surface area contributed by atoms with Gasteiger partial charge >= 0.3 is 0 Å². The lowest BCUT2D eigenvalue weighted by molar-refractivity contribution is -0.137. The number of likely N-dealkylation sites (N-methyl/N-ethyl adjacent to an activating group) is 1. The van der Waals surface area contributed by atoms with Gasteiger partial charge in [-0.05, 0) is 26.7 Å². The van der Waals surface area contributed by atoms with Gasteiger partial charge in [0.25, 0.3) is 0 Å². The van der Waals surface area contributed by atoms with Crippen molar-refractivity contribution in [3.05, 3.63) is 0 Å². The van der Waals surface area contributed by atoms with E-state index in [1.54, 1.807) is 25.8 Å². The highest BCUT2D eigenvalue weighted by molar-refractivity contribution is 5.78. The van der Waals surface area contributed by atoms with Gasteiger partial charge in [0, 0.05) is 19.5 Å². The number of carbonyl (C=O) groups excluding carboxylic acids is 1. The summed E-state index contributed by atoms with van der Waals surface area (Å²) < 4.78 is 0. The Balaban J connectivity index is 2.48. The van der Waals surface area contributed by atoms with E-state index in [1.165, 1.54) is 25.7 Å². The SMILES string of the molecule is CN(CC(C)(C)O)C(=O)C1CCCCCC1. The molecule has 0 aromatic heterocycles. The minimum Gasteiger partial charge on any atom is -0.389 e. The Morgan fingerprint density at radius 3 is 2.19 bits per heavy atom. The standard InChI is InChI=1S/C13H25NO2/c1-13(2,16)10-14(3)12(15)11-8-6-4-5-7-9-11/h11,16H,4-10H2,1-3H3. The highest BCUT2D eigenvalue weighted by Gasteiger charge is 2.26. The summed E-state index contributed by atoms with van der Waals surface area (Å²) in [6, 6.07) is 0. The zero-order valence-electron chi connectivity index (χ0n) is 10.8. The summed E-state index contributed by atoms with van der Waals surface area (Å²) in [5.74, 6) is 0.402. The van der Waals surface area contributed by atoms with Crippen LogP contribution in [0.2, 0.25) is 0 Å². The van der Waals surface area contributed by atoms with E-state index in [1.807, 2.05) is 0 Å². The summed E-state index contributed by atoms with van der Waals surface area (Å²) in [5.41, 5.74) is -0.796. The number of aliphatic hydroxyl groups is 1. The van der Waals surface area contributed by atoms with Crippen molar-refractivity contribution in [3.63, 3.8) is 0 Å². The molecule has 1 N–H and O–H groups in total. The average Bonchev–Trinajstić information content (AvgIpc) is 2.41. The van der Waals surface area contributed by atoms with E-state index in [0.29, 0.717) is 6.54 Å². The van der Waals surface area contributed by atoms with Crippen LogP contribution in [0.25, 0.3) is 0 Å². The molecule has 16 heavy (non-hydrogen) atoms. The van der Waals surface area contributed by atoms with E-state index in [-0.39, 0.29) is 11.8 Å². The molecular weight excluding hydrogens is 202 g/mol. The van der Waals surface area contributed by atoms with E-state index in [9.17, 15) is 9.90 Å². The van der Waals surface area contributed by atoms with Gasteiger partial charge in [-0.1, -0.05) is 25.7 Å². The first-order valence-electron chi connectivity index (χ1n) is 6.37. The molecule has 0 aromatic rings. The third-order valence-electron chi connectivity index (χ3n) is 3.20. The second-order valence-electron chi connectivity index (χ2n) is 5.70. The molecule has 0 unspecified atom stereocenters. The molecule has 1 amide bonds. The molecule has 0 atom stereocenters. The maximum Gasteiger partial charge on any atom is 0.225 e. The van der Waals surface area contributed by atoms with Gasteiger partial charge in [-0.2, -0.15) is 0 Å². The van der Waals surface area contributed by atoms with Gasteiger partial charge in [0.1, 0.15) is 0 Å². The van der Waals surface area contributed by atoms with Crippen molar-refractivity contribution in [2.24, 2.45) is 5.92 Å². The second-order valence-corrected chi connectivity index (χ2v) is 5.70. The Labute approximate surface area is 98.8 Å². The fourth-order valence-electron chi connectivity index (χ4n) is 2.50. The highest BCUT2D eigenvalue weighted by Crippen LogP contribution is 2.24. The molecule has 0 heterocycles. The Morgan fingerprint density at radius 2 is 1.75 bits per heavy atom. The number of amides is 1. The smallest absolute Gasteiger partial charge is 0.225 e. The second kappa shape index (κ2) is 5.67. The van der Waals surface area contributed by atoms with Crippen molar-refractivity contribution in [2.75, 3.05) is 13.6 Å². The van der Waals surface area contributed by atoms with E-state index in [0.717, 1.165) is 12.8 Å². The van der Waals surface area contributed by atoms with E-state index < -0.39 is 5.60 Å². The van der Waals surface area contributed by atoms with Gasteiger partial charge < -0.3 is 10.0 Å². The van der Waals surface area contributed by atoms with Crippen LogP contribution in [0.15, 0.2) is 0 Å². The summed E-state index contributed by atoms with van der Waals surface area (Å²) in [4.78, 5) is 13.8. The van der Waals surface area contributed by atoms with Crippen molar-refractivity contribution in [1.29, 1.82) is 0 Å². The fraction of sp³-hybridized carbons (Fsp3) is 0.923. The molecule has 0 spiro atoms. The van der Waals surface area contributed by atoms with Gasteiger partial charge in [-0.3, -0.25) is 4.79 Å². The molecule has 1 aliphatic rings. The molecule has 1 rings (SSSR count). The Kier molecular flexibility index (Phi) is 4.78. The first-order valence-corrected chi connectivity index (χ1v) is 6.37.